The Balaban J connectivity index is 1.49. The molecule has 0 saturated carbocycles. The highest BCUT2D eigenvalue weighted by Gasteiger charge is 2.39. The van der Waals surface area contributed by atoms with Crippen molar-refractivity contribution in [3.05, 3.63) is 35.6 Å². The zero-order valence-corrected chi connectivity index (χ0v) is 15.4. The predicted octanol–water partition coefficient (Wildman–Crippen LogP) is 0.391. The molecule has 4 aliphatic rings. The van der Waals surface area contributed by atoms with E-state index in [1.54, 1.807) is 12.1 Å². The molecule has 1 aromatic carbocycles. The molecule has 1 N–H and O–H groups in total. The Morgan fingerprint density at radius 2 is 1.50 bits per heavy atom. The summed E-state index contributed by atoms with van der Waals surface area (Å²) in [5.74, 6) is 1.74. The van der Waals surface area contributed by atoms with Gasteiger partial charge in [0.1, 0.15) is 5.82 Å². The topological polar surface area (TPSA) is 77.3 Å². The maximum absolute atomic E-state index is 13.4. The number of hydrazone groups is 1. The van der Waals surface area contributed by atoms with Gasteiger partial charge in [0.25, 0.3) is 5.96 Å². The van der Waals surface area contributed by atoms with Gasteiger partial charge < -0.3 is 19.3 Å². The number of benzene rings is 1. The van der Waals surface area contributed by atoms with E-state index in [1.165, 1.54) is 12.1 Å². The lowest BCUT2D eigenvalue weighted by atomic mass is 10.1. The van der Waals surface area contributed by atoms with Gasteiger partial charge in [-0.25, -0.2) is 4.39 Å². The highest BCUT2D eigenvalue weighted by molar-refractivity contribution is 6.12. The summed E-state index contributed by atoms with van der Waals surface area (Å²) in [4.78, 5) is 15.9. The molecular weight excluding hydrogens is 365 g/mol. The van der Waals surface area contributed by atoms with Gasteiger partial charge in [-0.05, 0) is 17.7 Å². The Morgan fingerprint density at radius 3 is 2.18 bits per heavy atom. The monoisotopic (exact) mass is 387 g/mol. The summed E-state index contributed by atoms with van der Waals surface area (Å²) >= 11 is 0. The smallest absolute Gasteiger partial charge is 0.254 e. The van der Waals surface area contributed by atoms with Crippen LogP contribution in [0.15, 0.2) is 39.4 Å². The summed E-state index contributed by atoms with van der Waals surface area (Å²) in [6.07, 6.45) is -0.285. The third kappa shape index (κ3) is 3.18. The van der Waals surface area contributed by atoms with E-state index >= 15 is 0 Å². The first-order valence-corrected chi connectivity index (χ1v) is 9.50. The van der Waals surface area contributed by atoms with Gasteiger partial charge in [0.2, 0.25) is 11.9 Å². The van der Waals surface area contributed by atoms with Crippen molar-refractivity contribution in [3.63, 3.8) is 0 Å². The second kappa shape index (κ2) is 7.36. The van der Waals surface area contributed by atoms with Gasteiger partial charge in [-0.2, -0.15) is 9.98 Å². The Morgan fingerprint density at radius 1 is 0.857 bits per heavy atom. The van der Waals surface area contributed by atoms with Gasteiger partial charge in [0.05, 0.1) is 26.4 Å². The lowest BCUT2D eigenvalue weighted by molar-refractivity contribution is 0.0619. The average Bonchev–Trinajstić information content (AvgIpc) is 3.19. The van der Waals surface area contributed by atoms with Gasteiger partial charge in [0, 0.05) is 26.2 Å². The predicted molar refractivity (Wildman–Crippen MR) is 101 cm³/mol. The second-order valence-electron chi connectivity index (χ2n) is 6.89. The summed E-state index contributed by atoms with van der Waals surface area (Å²) in [6.45, 7) is 5.62. The molecule has 5 rings (SSSR count). The van der Waals surface area contributed by atoms with Crippen LogP contribution in [0.5, 0.6) is 0 Å². The SMILES string of the molecule is Fc1ccc([C@H]2NN=C3N=C(N4CCOCC4)N=C(N4CCOCC4)N32)cc1. The maximum atomic E-state index is 13.4. The van der Waals surface area contributed by atoms with Crippen LogP contribution in [0.1, 0.15) is 11.7 Å². The molecule has 0 bridgehead atoms. The van der Waals surface area contributed by atoms with E-state index in [0.29, 0.717) is 38.3 Å². The first-order valence-electron chi connectivity index (χ1n) is 9.50. The molecular formula is C18H22FN7O2. The van der Waals surface area contributed by atoms with E-state index in [-0.39, 0.29) is 12.0 Å². The lowest BCUT2D eigenvalue weighted by Gasteiger charge is -2.39. The Hall–Kier alpha value is -2.72. The molecule has 0 radical (unpaired) electrons. The number of ether oxygens (including phenoxy) is 2. The third-order valence-electron chi connectivity index (χ3n) is 5.15. The fourth-order valence-electron chi connectivity index (χ4n) is 3.65. The number of morpholine rings is 2. The highest BCUT2D eigenvalue weighted by atomic mass is 19.1. The standard InChI is InChI=1S/C18H22FN7O2/c19-14-3-1-13(2-4-14)15-22-23-17-20-16(24-5-9-27-10-6-24)21-18(26(15)17)25-7-11-28-12-8-25/h1-4,15,22H,5-12H2/t15-/m0/s1. The van der Waals surface area contributed by atoms with Crippen LogP contribution in [0.2, 0.25) is 0 Å². The molecule has 2 saturated heterocycles. The van der Waals surface area contributed by atoms with Crippen LogP contribution in [0.3, 0.4) is 0 Å². The van der Waals surface area contributed by atoms with Gasteiger partial charge >= 0.3 is 0 Å². The van der Waals surface area contributed by atoms with Crippen molar-refractivity contribution in [1.29, 1.82) is 0 Å². The van der Waals surface area contributed by atoms with Crippen molar-refractivity contribution in [2.75, 3.05) is 52.6 Å². The van der Waals surface area contributed by atoms with Crippen molar-refractivity contribution in [1.82, 2.24) is 20.1 Å². The Kier molecular flexibility index (Phi) is 4.57. The number of fused-ring (bicyclic) bond motifs is 1. The number of hydrogen-bond acceptors (Lipinski definition) is 9. The molecule has 148 valence electrons. The molecule has 0 aromatic heterocycles. The van der Waals surface area contributed by atoms with Crippen LogP contribution < -0.4 is 5.43 Å². The summed E-state index contributed by atoms with van der Waals surface area (Å²) < 4.78 is 24.3. The van der Waals surface area contributed by atoms with Crippen LogP contribution in [0, 0.1) is 5.82 Å². The quantitative estimate of drug-likeness (QED) is 0.751. The van der Waals surface area contributed by atoms with E-state index in [4.69, 9.17) is 14.5 Å². The second-order valence-corrected chi connectivity index (χ2v) is 6.89. The van der Waals surface area contributed by atoms with E-state index in [0.717, 1.165) is 37.7 Å². The Labute approximate surface area is 162 Å². The summed E-state index contributed by atoms with van der Waals surface area (Å²) in [5.41, 5.74) is 4.02. The molecule has 2 fully saturated rings. The molecule has 9 nitrogen and oxygen atoms in total. The number of halogens is 1. The van der Waals surface area contributed by atoms with Gasteiger partial charge in [0.15, 0.2) is 6.17 Å². The zero-order chi connectivity index (χ0) is 18.9. The van der Waals surface area contributed by atoms with Crippen molar-refractivity contribution >= 4 is 17.9 Å². The van der Waals surface area contributed by atoms with Crippen LogP contribution in [0.25, 0.3) is 0 Å². The molecule has 1 atom stereocenters. The molecule has 4 heterocycles. The van der Waals surface area contributed by atoms with Crippen molar-refractivity contribution in [2.24, 2.45) is 15.1 Å². The van der Waals surface area contributed by atoms with Crippen molar-refractivity contribution < 1.29 is 13.9 Å². The molecule has 0 amide bonds. The average molecular weight is 387 g/mol. The van der Waals surface area contributed by atoms with Crippen LogP contribution in [0.4, 0.5) is 4.39 Å². The van der Waals surface area contributed by atoms with Crippen molar-refractivity contribution in [3.8, 4) is 0 Å². The highest BCUT2D eigenvalue weighted by Crippen LogP contribution is 2.28. The van der Waals surface area contributed by atoms with Crippen LogP contribution in [-0.4, -0.2) is 85.2 Å². The molecule has 4 aliphatic heterocycles. The summed E-state index contributed by atoms with van der Waals surface area (Å²) in [7, 11) is 0. The molecule has 0 unspecified atom stereocenters. The summed E-state index contributed by atoms with van der Waals surface area (Å²) in [6, 6.07) is 6.41. The molecule has 0 aliphatic carbocycles. The zero-order valence-electron chi connectivity index (χ0n) is 15.4. The number of nitrogens with one attached hydrogen (secondary N) is 1. The lowest BCUT2D eigenvalue weighted by Crippen LogP contribution is -2.54. The fourth-order valence-corrected chi connectivity index (χ4v) is 3.65. The minimum Gasteiger partial charge on any atom is -0.378 e. The Bertz CT molecular complexity index is 814. The number of guanidine groups is 3. The largest absolute Gasteiger partial charge is 0.378 e. The van der Waals surface area contributed by atoms with Crippen LogP contribution >= 0.6 is 0 Å². The van der Waals surface area contributed by atoms with E-state index < -0.39 is 0 Å². The minimum atomic E-state index is -0.285. The summed E-state index contributed by atoms with van der Waals surface area (Å²) in [5, 5.41) is 4.44. The van der Waals surface area contributed by atoms with E-state index in [9.17, 15) is 4.39 Å². The number of hydrogen-bond donors (Lipinski definition) is 1. The van der Waals surface area contributed by atoms with Gasteiger partial charge in [-0.1, -0.05) is 12.1 Å². The first kappa shape index (κ1) is 17.4. The van der Waals surface area contributed by atoms with E-state index in [1.807, 2.05) is 4.90 Å². The molecule has 28 heavy (non-hydrogen) atoms. The number of aliphatic imine (C=N–C) groups is 2. The number of nitrogens with zero attached hydrogens (tertiary/aromatic N) is 6. The molecule has 1 aromatic rings. The van der Waals surface area contributed by atoms with Gasteiger partial charge in [-0.15, -0.1) is 5.10 Å². The fraction of sp³-hybridized carbons (Fsp3) is 0.500. The molecule has 10 heteroatoms. The number of rotatable bonds is 1. The normalized spacial score (nSPS) is 25.0. The van der Waals surface area contributed by atoms with Gasteiger partial charge in [-0.3, -0.25) is 10.3 Å². The third-order valence-corrected chi connectivity index (χ3v) is 5.15. The minimum absolute atomic E-state index is 0.267. The first-order chi connectivity index (χ1) is 13.8. The van der Waals surface area contributed by atoms with E-state index in [2.05, 4.69) is 25.3 Å². The molecule has 0 spiro atoms. The maximum Gasteiger partial charge on any atom is 0.254 e. The van der Waals surface area contributed by atoms with Crippen LogP contribution in [-0.2, 0) is 9.47 Å². The van der Waals surface area contributed by atoms with Crippen molar-refractivity contribution in [2.45, 2.75) is 6.17 Å².